The van der Waals surface area contributed by atoms with Crippen molar-refractivity contribution in [3.63, 3.8) is 0 Å². The van der Waals surface area contributed by atoms with E-state index in [4.69, 9.17) is 4.42 Å². The van der Waals surface area contributed by atoms with Gasteiger partial charge in [-0.3, -0.25) is 4.79 Å². The van der Waals surface area contributed by atoms with Crippen molar-refractivity contribution >= 4 is 34.5 Å². The third-order valence-electron chi connectivity index (χ3n) is 4.28. The number of amides is 1. The summed E-state index contributed by atoms with van der Waals surface area (Å²) in [5, 5.41) is 3.26. The normalized spacial score (nSPS) is 13.6. The molecule has 2 atom stereocenters. The molecule has 4 nitrogen and oxygen atoms in total. The number of fused-ring (bicyclic) bond motifs is 1. The zero-order chi connectivity index (χ0) is 17.8. The second kappa shape index (κ2) is 7.74. The average molecular weight is 354 g/mol. The largest absolute Gasteiger partial charge is 0.431 e. The van der Waals surface area contributed by atoms with Crippen molar-refractivity contribution in [2.24, 2.45) is 0 Å². The fraction of sp³-hybridized carbons (Fsp3) is 0.300. The molecule has 3 aromatic rings. The number of benzene rings is 2. The first kappa shape index (κ1) is 17.5. The van der Waals surface area contributed by atoms with Gasteiger partial charge in [-0.2, -0.15) is 0 Å². The number of carbonyl (C=O) groups excluding carboxylic acids is 1. The van der Waals surface area contributed by atoms with Gasteiger partial charge in [-0.1, -0.05) is 55.9 Å². The number of rotatable bonds is 6. The number of thioether (sulfide) groups is 1. The highest BCUT2D eigenvalue weighted by Gasteiger charge is 2.19. The summed E-state index contributed by atoms with van der Waals surface area (Å²) in [5.41, 5.74) is 3.59. The molecule has 0 radical (unpaired) electrons. The van der Waals surface area contributed by atoms with Gasteiger partial charge in [-0.05, 0) is 43.0 Å². The van der Waals surface area contributed by atoms with Crippen LogP contribution < -0.4 is 5.32 Å². The summed E-state index contributed by atoms with van der Waals surface area (Å²) in [4.78, 5) is 17.0. The Hall–Kier alpha value is -2.27. The summed E-state index contributed by atoms with van der Waals surface area (Å²) in [7, 11) is 0. The lowest BCUT2D eigenvalue weighted by Crippen LogP contribution is -2.23. The number of hydrogen-bond acceptors (Lipinski definition) is 4. The Labute approximate surface area is 152 Å². The second-order valence-corrected chi connectivity index (χ2v) is 7.39. The molecule has 3 rings (SSSR count). The average Bonchev–Trinajstić information content (AvgIpc) is 3.03. The maximum absolute atomic E-state index is 12.6. The summed E-state index contributed by atoms with van der Waals surface area (Å²) in [6.07, 6.45) is 1.03. The van der Waals surface area contributed by atoms with Crippen molar-refractivity contribution in [2.75, 3.05) is 5.32 Å². The maximum atomic E-state index is 12.6. The van der Waals surface area contributed by atoms with Gasteiger partial charge < -0.3 is 9.73 Å². The second-order valence-electron chi connectivity index (χ2n) is 6.09. The van der Waals surface area contributed by atoms with Gasteiger partial charge in [0.2, 0.25) is 5.91 Å². The number of aromatic nitrogens is 1. The molecule has 1 N–H and O–H groups in total. The first-order valence-corrected chi connectivity index (χ1v) is 9.38. The van der Waals surface area contributed by atoms with Crippen molar-refractivity contribution in [2.45, 2.75) is 43.6 Å². The Morgan fingerprint density at radius 1 is 1.16 bits per heavy atom. The van der Waals surface area contributed by atoms with Crippen LogP contribution in [0.1, 0.15) is 38.7 Å². The van der Waals surface area contributed by atoms with E-state index in [1.165, 1.54) is 11.8 Å². The van der Waals surface area contributed by atoms with Gasteiger partial charge in [0.1, 0.15) is 5.52 Å². The van der Waals surface area contributed by atoms with E-state index in [-0.39, 0.29) is 11.2 Å². The van der Waals surface area contributed by atoms with Gasteiger partial charge >= 0.3 is 0 Å². The van der Waals surface area contributed by atoms with E-state index in [1.807, 2.05) is 49.4 Å². The number of nitrogens with zero attached hydrogens (tertiary/aromatic N) is 1. The first-order chi connectivity index (χ1) is 12.1. The molecule has 0 aliphatic carbocycles. The SMILES string of the molecule is CC[C@@H](C)c1ccccc1NC(=O)[C@@H](C)Sc1nc2ccccc2o1. The zero-order valence-corrected chi connectivity index (χ0v) is 15.5. The van der Waals surface area contributed by atoms with Gasteiger partial charge in [-0.15, -0.1) is 0 Å². The molecule has 130 valence electrons. The minimum absolute atomic E-state index is 0.0528. The van der Waals surface area contributed by atoms with Crippen LogP contribution in [0.15, 0.2) is 58.2 Å². The molecule has 0 saturated carbocycles. The monoisotopic (exact) mass is 354 g/mol. The van der Waals surface area contributed by atoms with Crippen LogP contribution in [0, 0.1) is 0 Å². The molecular formula is C20H22N2O2S. The van der Waals surface area contributed by atoms with Gasteiger partial charge in [0.25, 0.3) is 5.22 Å². The van der Waals surface area contributed by atoms with Crippen LogP contribution in [0.4, 0.5) is 5.69 Å². The number of para-hydroxylation sites is 3. The molecule has 0 unspecified atom stereocenters. The summed E-state index contributed by atoms with van der Waals surface area (Å²) < 4.78 is 5.69. The summed E-state index contributed by atoms with van der Waals surface area (Å²) in [5.74, 6) is 0.347. The number of nitrogens with one attached hydrogen (secondary N) is 1. The number of oxazole rings is 1. The van der Waals surface area contributed by atoms with Crippen LogP contribution in [-0.2, 0) is 4.79 Å². The topological polar surface area (TPSA) is 55.1 Å². The minimum Gasteiger partial charge on any atom is -0.431 e. The number of anilines is 1. The van der Waals surface area contributed by atoms with Gasteiger partial charge in [0.15, 0.2) is 5.58 Å². The Morgan fingerprint density at radius 2 is 1.88 bits per heavy atom. The maximum Gasteiger partial charge on any atom is 0.257 e. The van der Waals surface area contributed by atoms with Crippen molar-refractivity contribution in [1.82, 2.24) is 4.98 Å². The van der Waals surface area contributed by atoms with E-state index >= 15 is 0 Å². The Balaban J connectivity index is 1.71. The predicted octanol–water partition coefficient (Wildman–Crippen LogP) is 5.46. The first-order valence-electron chi connectivity index (χ1n) is 8.50. The van der Waals surface area contributed by atoms with Crippen molar-refractivity contribution in [3.05, 3.63) is 54.1 Å². The molecule has 0 aliphatic rings. The van der Waals surface area contributed by atoms with Crippen LogP contribution in [0.2, 0.25) is 0 Å². The predicted molar refractivity (Wildman–Crippen MR) is 103 cm³/mol. The molecular weight excluding hydrogens is 332 g/mol. The molecule has 1 heterocycles. The number of carbonyl (C=O) groups is 1. The highest BCUT2D eigenvalue weighted by atomic mass is 32.2. The van der Waals surface area contributed by atoms with Crippen molar-refractivity contribution < 1.29 is 9.21 Å². The van der Waals surface area contributed by atoms with Crippen molar-refractivity contribution in [3.8, 4) is 0 Å². The third-order valence-corrected chi connectivity index (χ3v) is 5.23. The molecule has 0 saturated heterocycles. The van der Waals surface area contributed by atoms with E-state index in [0.717, 1.165) is 28.8 Å². The molecule has 1 aromatic heterocycles. The lowest BCUT2D eigenvalue weighted by Gasteiger charge is -2.17. The zero-order valence-electron chi connectivity index (χ0n) is 14.7. The van der Waals surface area contributed by atoms with E-state index < -0.39 is 0 Å². The highest BCUT2D eigenvalue weighted by molar-refractivity contribution is 8.00. The Bertz CT molecular complexity index is 842. The molecule has 0 aliphatic heterocycles. The standard InChI is InChI=1S/C20H22N2O2S/c1-4-13(2)15-9-5-6-10-16(15)21-19(23)14(3)25-20-22-17-11-7-8-12-18(17)24-20/h5-14H,4H2,1-3H3,(H,21,23)/t13-,14-/m1/s1. The quantitative estimate of drug-likeness (QED) is 0.597. The molecule has 25 heavy (non-hydrogen) atoms. The molecule has 0 fully saturated rings. The summed E-state index contributed by atoms with van der Waals surface area (Å²) in [6, 6.07) is 15.6. The van der Waals surface area contributed by atoms with Crippen LogP contribution in [0.25, 0.3) is 11.1 Å². The summed E-state index contributed by atoms with van der Waals surface area (Å²) >= 11 is 1.33. The van der Waals surface area contributed by atoms with Gasteiger partial charge in [0, 0.05) is 5.69 Å². The van der Waals surface area contributed by atoms with E-state index in [1.54, 1.807) is 0 Å². The lowest BCUT2D eigenvalue weighted by molar-refractivity contribution is -0.115. The Morgan fingerprint density at radius 3 is 2.64 bits per heavy atom. The van der Waals surface area contributed by atoms with E-state index in [2.05, 4.69) is 30.2 Å². The molecule has 5 heteroatoms. The highest BCUT2D eigenvalue weighted by Crippen LogP contribution is 2.29. The fourth-order valence-corrected chi connectivity index (χ4v) is 3.36. The summed E-state index contributed by atoms with van der Waals surface area (Å²) in [6.45, 7) is 6.18. The van der Waals surface area contributed by atoms with Crippen LogP contribution in [0.5, 0.6) is 0 Å². The molecule has 1 amide bonds. The van der Waals surface area contributed by atoms with Gasteiger partial charge in [-0.25, -0.2) is 4.98 Å². The smallest absolute Gasteiger partial charge is 0.257 e. The third kappa shape index (κ3) is 4.04. The minimum atomic E-state index is -0.307. The molecule has 0 spiro atoms. The Kier molecular flexibility index (Phi) is 5.43. The lowest BCUT2D eigenvalue weighted by atomic mass is 9.97. The van der Waals surface area contributed by atoms with E-state index in [0.29, 0.717) is 11.1 Å². The van der Waals surface area contributed by atoms with Crippen molar-refractivity contribution in [1.29, 1.82) is 0 Å². The van der Waals surface area contributed by atoms with Crippen LogP contribution in [-0.4, -0.2) is 16.1 Å². The molecule has 0 bridgehead atoms. The fourth-order valence-electron chi connectivity index (χ4n) is 2.60. The van der Waals surface area contributed by atoms with Crippen LogP contribution in [0.3, 0.4) is 0 Å². The van der Waals surface area contributed by atoms with Gasteiger partial charge in [0.05, 0.1) is 5.25 Å². The molecule has 2 aromatic carbocycles. The number of hydrogen-bond donors (Lipinski definition) is 1. The van der Waals surface area contributed by atoms with E-state index in [9.17, 15) is 4.79 Å². The van der Waals surface area contributed by atoms with Crippen LogP contribution >= 0.6 is 11.8 Å².